The normalized spacial score (nSPS) is 15.8. The molecular weight excluding hydrogens is 422 g/mol. The summed E-state index contributed by atoms with van der Waals surface area (Å²) in [4.78, 5) is 36.8. The third kappa shape index (κ3) is 2.47. The van der Waals surface area contributed by atoms with Crippen LogP contribution in [0.2, 0.25) is 0 Å². The minimum atomic E-state index is -0.710. The van der Waals surface area contributed by atoms with E-state index in [-0.39, 0.29) is 16.8 Å². The molecule has 28 heavy (non-hydrogen) atoms. The lowest BCUT2D eigenvalue weighted by Crippen LogP contribution is -2.30. The molecule has 0 spiro atoms. The van der Waals surface area contributed by atoms with Gasteiger partial charge in [0.2, 0.25) is 5.76 Å². The molecule has 7 heteroatoms. The molecule has 4 aromatic rings. The second-order valence-electron chi connectivity index (χ2n) is 6.33. The highest BCUT2D eigenvalue weighted by Crippen LogP contribution is 2.39. The Morgan fingerprint density at radius 1 is 0.964 bits per heavy atom. The van der Waals surface area contributed by atoms with Crippen LogP contribution in [0, 0.1) is 0 Å². The van der Waals surface area contributed by atoms with Gasteiger partial charge in [-0.15, -0.1) is 0 Å². The van der Waals surface area contributed by atoms with E-state index in [4.69, 9.17) is 4.42 Å². The zero-order valence-electron chi connectivity index (χ0n) is 14.4. The van der Waals surface area contributed by atoms with E-state index in [1.54, 1.807) is 60.9 Å². The van der Waals surface area contributed by atoms with Gasteiger partial charge in [0.15, 0.2) is 5.43 Å². The van der Waals surface area contributed by atoms with E-state index in [1.807, 2.05) is 6.07 Å². The first-order valence-electron chi connectivity index (χ1n) is 8.57. The van der Waals surface area contributed by atoms with Crippen LogP contribution in [0.5, 0.6) is 0 Å². The molecule has 5 rings (SSSR count). The Hall–Kier alpha value is -3.32. The largest absolute Gasteiger partial charge is 0.450 e. The molecule has 1 atom stereocenters. The van der Waals surface area contributed by atoms with Gasteiger partial charge in [0.1, 0.15) is 17.4 Å². The first-order chi connectivity index (χ1) is 13.6. The molecule has 0 N–H and O–H groups in total. The summed E-state index contributed by atoms with van der Waals surface area (Å²) in [7, 11) is 0. The Kier molecular flexibility index (Phi) is 3.84. The van der Waals surface area contributed by atoms with Crippen molar-refractivity contribution in [2.24, 2.45) is 0 Å². The Morgan fingerprint density at radius 2 is 1.75 bits per heavy atom. The monoisotopic (exact) mass is 433 g/mol. The van der Waals surface area contributed by atoms with Crippen LogP contribution in [-0.4, -0.2) is 15.9 Å². The maximum absolute atomic E-state index is 13.4. The number of pyridine rings is 2. The lowest BCUT2D eigenvalue weighted by atomic mass is 10.0. The highest BCUT2D eigenvalue weighted by molar-refractivity contribution is 9.10. The highest BCUT2D eigenvalue weighted by atomic mass is 79.9. The minimum absolute atomic E-state index is 0.0288. The molecule has 0 radical (unpaired) electrons. The van der Waals surface area contributed by atoms with Crippen LogP contribution in [0.25, 0.3) is 11.0 Å². The SMILES string of the molecule is O=C1c2oc3ccc(Br)cc3c(=O)c2C(c2ccccn2)N1c1ccccn1. The van der Waals surface area contributed by atoms with Gasteiger partial charge in [-0.2, -0.15) is 0 Å². The summed E-state index contributed by atoms with van der Waals surface area (Å²) in [5, 5.41) is 0.407. The zero-order valence-corrected chi connectivity index (χ0v) is 16.0. The van der Waals surface area contributed by atoms with Gasteiger partial charge in [0, 0.05) is 16.9 Å². The van der Waals surface area contributed by atoms with Crippen molar-refractivity contribution >= 4 is 38.6 Å². The van der Waals surface area contributed by atoms with Crippen molar-refractivity contribution in [2.45, 2.75) is 6.04 Å². The second-order valence-corrected chi connectivity index (χ2v) is 7.25. The topological polar surface area (TPSA) is 76.3 Å². The molecule has 3 aromatic heterocycles. The lowest BCUT2D eigenvalue weighted by molar-refractivity contribution is 0.0970. The van der Waals surface area contributed by atoms with E-state index in [2.05, 4.69) is 25.9 Å². The second kappa shape index (κ2) is 6.38. The van der Waals surface area contributed by atoms with Gasteiger partial charge in [-0.25, -0.2) is 4.98 Å². The number of hydrogen-bond donors (Lipinski definition) is 0. The zero-order chi connectivity index (χ0) is 19.3. The average molecular weight is 434 g/mol. The van der Waals surface area contributed by atoms with E-state index in [0.29, 0.717) is 22.5 Å². The number of aromatic nitrogens is 2. The van der Waals surface area contributed by atoms with Crippen molar-refractivity contribution in [3.63, 3.8) is 0 Å². The first kappa shape index (κ1) is 16.8. The van der Waals surface area contributed by atoms with E-state index >= 15 is 0 Å². The van der Waals surface area contributed by atoms with Crippen LogP contribution in [0.4, 0.5) is 5.82 Å². The van der Waals surface area contributed by atoms with Gasteiger partial charge in [-0.05, 0) is 42.5 Å². The predicted octanol–water partition coefficient (Wildman–Crippen LogP) is 4.10. The van der Waals surface area contributed by atoms with Crippen molar-refractivity contribution in [3.05, 3.63) is 98.7 Å². The van der Waals surface area contributed by atoms with Crippen LogP contribution in [0.1, 0.15) is 27.9 Å². The third-order valence-corrected chi connectivity index (χ3v) is 5.19. The molecule has 1 aliphatic heterocycles. The molecule has 1 unspecified atom stereocenters. The van der Waals surface area contributed by atoms with E-state index in [1.165, 1.54) is 4.90 Å². The van der Waals surface area contributed by atoms with Crippen molar-refractivity contribution in [3.8, 4) is 0 Å². The average Bonchev–Trinajstić information content (AvgIpc) is 3.03. The lowest BCUT2D eigenvalue weighted by Gasteiger charge is -2.23. The molecule has 0 bridgehead atoms. The van der Waals surface area contributed by atoms with Crippen LogP contribution < -0.4 is 10.3 Å². The number of anilines is 1. The molecule has 0 saturated heterocycles. The number of benzene rings is 1. The molecule has 6 nitrogen and oxygen atoms in total. The van der Waals surface area contributed by atoms with Gasteiger partial charge in [-0.3, -0.25) is 19.5 Å². The van der Waals surface area contributed by atoms with Gasteiger partial charge in [0.25, 0.3) is 5.91 Å². The quantitative estimate of drug-likeness (QED) is 0.475. The van der Waals surface area contributed by atoms with E-state index < -0.39 is 11.9 Å². The molecule has 4 heterocycles. The number of carbonyl (C=O) groups is 1. The molecular formula is C21H12BrN3O3. The summed E-state index contributed by atoms with van der Waals surface area (Å²) < 4.78 is 6.65. The number of amides is 1. The Balaban J connectivity index is 1.84. The van der Waals surface area contributed by atoms with Crippen molar-refractivity contribution < 1.29 is 9.21 Å². The standard InChI is InChI=1S/C21H12BrN3O3/c22-12-7-8-15-13(11-12)19(26)17-18(14-5-1-3-9-23-14)25(21(27)20(17)28-15)16-6-2-4-10-24-16/h1-11,18H. The highest BCUT2D eigenvalue weighted by Gasteiger charge is 2.44. The number of fused-ring (bicyclic) bond motifs is 2. The molecule has 1 amide bonds. The van der Waals surface area contributed by atoms with Crippen LogP contribution >= 0.6 is 15.9 Å². The van der Waals surface area contributed by atoms with E-state index in [9.17, 15) is 9.59 Å². The van der Waals surface area contributed by atoms with Crippen LogP contribution in [0.3, 0.4) is 0 Å². The predicted molar refractivity (Wildman–Crippen MR) is 107 cm³/mol. The first-order valence-corrected chi connectivity index (χ1v) is 9.36. The summed E-state index contributed by atoms with van der Waals surface area (Å²) in [6.07, 6.45) is 3.23. The van der Waals surface area contributed by atoms with Gasteiger partial charge in [0.05, 0.1) is 16.6 Å². The van der Waals surface area contributed by atoms with Crippen molar-refractivity contribution in [2.75, 3.05) is 4.90 Å². The van der Waals surface area contributed by atoms with Gasteiger partial charge in [-0.1, -0.05) is 28.1 Å². The summed E-state index contributed by atoms with van der Waals surface area (Å²) in [6, 6.07) is 15.1. The van der Waals surface area contributed by atoms with Crippen molar-refractivity contribution in [1.29, 1.82) is 0 Å². The number of carbonyl (C=O) groups excluding carboxylic acids is 1. The van der Waals surface area contributed by atoms with Crippen LogP contribution in [-0.2, 0) is 0 Å². The molecule has 0 aliphatic carbocycles. The smallest absolute Gasteiger partial charge is 0.296 e. The maximum Gasteiger partial charge on any atom is 0.296 e. The number of nitrogens with zero attached hydrogens (tertiary/aromatic N) is 3. The Morgan fingerprint density at radius 3 is 2.46 bits per heavy atom. The minimum Gasteiger partial charge on any atom is -0.450 e. The fourth-order valence-corrected chi connectivity index (χ4v) is 3.86. The van der Waals surface area contributed by atoms with Gasteiger partial charge < -0.3 is 4.42 Å². The maximum atomic E-state index is 13.4. The van der Waals surface area contributed by atoms with Crippen LogP contribution in [0.15, 0.2) is 80.7 Å². The number of halogens is 1. The number of hydrogen-bond acceptors (Lipinski definition) is 5. The summed E-state index contributed by atoms with van der Waals surface area (Å²) in [6.45, 7) is 0. The van der Waals surface area contributed by atoms with Gasteiger partial charge >= 0.3 is 0 Å². The Bertz CT molecular complexity index is 1270. The fraction of sp³-hybridized carbons (Fsp3) is 0.0476. The fourth-order valence-electron chi connectivity index (χ4n) is 3.50. The number of rotatable bonds is 2. The summed E-state index contributed by atoms with van der Waals surface area (Å²) >= 11 is 3.39. The van der Waals surface area contributed by atoms with Crippen molar-refractivity contribution in [1.82, 2.24) is 9.97 Å². The molecule has 136 valence electrons. The molecule has 0 saturated carbocycles. The summed E-state index contributed by atoms with van der Waals surface area (Å²) in [5.74, 6) is 0.0478. The summed E-state index contributed by atoms with van der Waals surface area (Å²) in [5.41, 5.74) is 0.963. The van der Waals surface area contributed by atoms with E-state index in [0.717, 1.165) is 4.47 Å². The molecule has 1 aromatic carbocycles. The molecule has 1 aliphatic rings. The Labute approximate surface area is 167 Å². The third-order valence-electron chi connectivity index (χ3n) is 4.70. The molecule has 0 fully saturated rings.